The average Bonchev–Trinajstić information content (AvgIpc) is 2.96. The second-order valence-electron chi connectivity index (χ2n) is 7.94. The fourth-order valence-electron chi connectivity index (χ4n) is 3.68. The SMILES string of the molecule is COc1ccc(CCC(=O)N2CCCN(C(C)C(=O)Nc3nc(C)c(C)s3)CC2)cc1. The maximum atomic E-state index is 12.7. The second-order valence-corrected chi connectivity index (χ2v) is 9.15. The van der Waals surface area contributed by atoms with Crippen molar-refractivity contribution in [1.29, 1.82) is 0 Å². The Morgan fingerprint density at radius 2 is 1.90 bits per heavy atom. The maximum absolute atomic E-state index is 12.7. The minimum atomic E-state index is -0.265. The summed E-state index contributed by atoms with van der Waals surface area (Å²) in [7, 11) is 1.65. The predicted molar refractivity (Wildman–Crippen MR) is 124 cm³/mol. The minimum absolute atomic E-state index is 0.0481. The van der Waals surface area contributed by atoms with E-state index in [0.717, 1.165) is 41.4 Å². The van der Waals surface area contributed by atoms with Gasteiger partial charge in [-0.3, -0.25) is 14.5 Å². The fraction of sp³-hybridized carbons (Fsp3) is 0.522. The number of nitrogens with one attached hydrogen (secondary N) is 1. The van der Waals surface area contributed by atoms with Crippen molar-refractivity contribution in [3.63, 3.8) is 0 Å². The van der Waals surface area contributed by atoms with E-state index in [1.807, 2.05) is 49.9 Å². The molecule has 2 heterocycles. The van der Waals surface area contributed by atoms with Crippen molar-refractivity contribution in [3.8, 4) is 5.75 Å². The molecule has 1 fully saturated rings. The van der Waals surface area contributed by atoms with Crippen molar-refractivity contribution in [2.24, 2.45) is 0 Å². The molecule has 1 aliphatic heterocycles. The van der Waals surface area contributed by atoms with Crippen LogP contribution in [-0.4, -0.2) is 65.9 Å². The van der Waals surface area contributed by atoms with Gasteiger partial charge in [0.2, 0.25) is 11.8 Å². The molecule has 1 aromatic heterocycles. The molecule has 2 amide bonds. The number of aryl methyl sites for hydroxylation is 3. The van der Waals surface area contributed by atoms with Gasteiger partial charge in [0.1, 0.15) is 5.75 Å². The Hall–Kier alpha value is -2.45. The van der Waals surface area contributed by atoms with Crippen LogP contribution in [0.5, 0.6) is 5.75 Å². The van der Waals surface area contributed by atoms with Crippen LogP contribution in [0.25, 0.3) is 0 Å². The molecule has 31 heavy (non-hydrogen) atoms. The quantitative estimate of drug-likeness (QED) is 0.710. The van der Waals surface area contributed by atoms with Crippen LogP contribution < -0.4 is 10.1 Å². The number of methoxy groups -OCH3 is 1. The van der Waals surface area contributed by atoms with Gasteiger partial charge >= 0.3 is 0 Å². The number of benzene rings is 1. The van der Waals surface area contributed by atoms with Gasteiger partial charge in [-0.15, -0.1) is 11.3 Å². The predicted octanol–water partition coefficient (Wildman–Crippen LogP) is 3.26. The molecule has 0 saturated carbocycles. The highest BCUT2D eigenvalue weighted by Gasteiger charge is 2.26. The number of aromatic nitrogens is 1. The number of nitrogens with zero attached hydrogens (tertiary/aromatic N) is 3. The van der Waals surface area contributed by atoms with Crippen molar-refractivity contribution in [3.05, 3.63) is 40.4 Å². The summed E-state index contributed by atoms with van der Waals surface area (Å²) >= 11 is 1.50. The Morgan fingerprint density at radius 1 is 1.16 bits per heavy atom. The average molecular weight is 445 g/mol. The Bertz CT molecular complexity index is 877. The molecule has 8 heteroatoms. The second kappa shape index (κ2) is 10.7. The van der Waals surface area contributed by atoms with Crippen LogP contribution in [0.2, 0.25) is 0 Å². The molecule has 1 atom stereocenters. The maximum Gasteiger partial charge on any atom is 0.243 e. The zero-order chi connectivity index (χ0) is 22.4. The summed E-state index contributed by atoms with van der Waals surface area (Å²) in [6, 6.07) is 7.58. The lowest BCUT2D eigenvalue weighted by Gasteiger charge is -2.26. The van der Waals surface area contributed by atoms with E-state index in [-0.39, 0.29) is 17.9 Å². The Balaban J connectivity index is 1.48. The molecule has 168 valence electrons. The minimum Gasteiger partial charge on any atom is -0.497 e. The van der Waals surface area contributed by atoms with Crippen LogP contribution in [0.1, 0.15) is 35.9 Å². The highest BCUT2D eigenvalue weighted by atomic mass is 32.1. The normalized spacial score (nSPS) is 15.9. The summed E-state index contributed by atoms with van der Waals surface area (Å²) in [6.07, 6.45) is 2.07. The van der Waals surface area contributed by atoms with Gasteiger partial charge in [-0.05, 0) is 51.3 Å². The van der Waals surface area contributed by atoms with Gasteiger partial charge in [-0.25, -0.2) is 4.98 Å². The molecule has 1 N–H and O–H groups in total. The van der Waals surface area contributed by atoms with Crippen molar-refractivity contribution in [1.82, 2.24) is 14.8 Å². The van der Waals surface area contributed by atoms with E-state index in [0.29, 0.717) is 31.1 Å². The van der Waals surface area contributed by atoms with Gasteiger partial charge in [0, 0.05) is 37.5 Å². The third-order valence-corrected chi connectivity index (χ3v) is 6.84. The standard InChI is InChI=1S/C23H32N4O3S/c1-16-18(3)31-23(24-16)25-22(29)17(2)26-12-5-13-27(15-14-26)21(28)11-8-19-6-9-20(30-4)10-7-19/h6-7,9-10,17H,5,8,11-15H2,1-4H3,(H,24,25,29). The highest BCUT2D eigenvalue weighted by molar-refractivity contribution is 7.15. The lowest BCUT2D eigenvalue weighted by Crippen LogP contribution is -2.44. The summed E-state index contributed by atoms with van der Waals surface area (Å²) in [5, 5.41) is 3.59. The van der Waals surface area contributed by atoms with Crippen LogP contribution in [-0.2, 0) is 16.0 Å². The van der Waals surface area contributed by atoms with E-state index in [1.54, 1.807) is 7.11 Å². The molecule has 0 spiro atoms. The van der Waals surface area contributed by atoms with Crippen LogP contribution in [0.15, 0.2) is 24.3 Å². The topological polar surface area (TPSA) is 74.8 Å². The van der Waals surface area contributed by atoms with Gasteiger partial charge in [0.15, 0.2) is 5.13 Å². The van der Waals surface area contributed by atoms with Crippen LogP contribution in [0.4, 0.5) is 5.13 Å². The summed E-state index contributed by atoms with van der Waals surface area (Å²) in [5.41, 5.74) is 2.08. The summed E-state index contributed by atoms with van der Waals surface area (Å²) in [6.45, 7) is 8.74. The van der Waals surface area contributed by atoms with Crippen molar-refractivity contribution in [2.45, 2.75) is 46.1 Å². The first-order valence-electron chi connectivity index (χ1n) is 10.8. The first kappa shape index (κ1) is 23.2. The monoisotopic (exact) mass is 444 g/mol. The summed E-state index contributed by atoms with van der Waals surface area (Å²) < 4.78 is 5.18. The first-order chi connectivity index (χ1) is 14.9. The van der Waals surface area contributed by atoms with Gasteiger partial charge in [-0.1, -0.05) is 12.1 Å². The molecule has 1 unspecified atom stereocenters. The number of hydrogen-bond donors (Lipinski definition) is 1. The zero-order valence-corrected chi connectivity index (χ0v) is 19.6. The number of thiazole rings is 1. The smallest absolute Gasteiger partial charge is 0.243 e. The van der Waals surface area contributed by atoms with Gasteiger partial charge in [0.05, 0.1) is 18.8 Å². The van der Waals surface area contributed by atoms with Crippen LogP contribution in [0.3, 0.4) is 0 Å². The summed E-state index contributed by atoms with van der Waals surface area (Å²) in [5.74, 6) is 0.942. The van der Waals surface area contributed by atoms with E-state index in [1.165, 1.54) is 11.3 Å². The van der Waals surface area contributed by atoms with Crippen LogP contribution in [0, 0.1) is 13.8 Å². The molecule has 0 radical (unpaired) electrons. The third-order valence-electron chi connectivity index (χ3n) is 5.86. The number of carbonyl (C=O) groups excluding carboxylic acids is 2. The lowest BCUT2D eigenvalue weighted by molar-refractivity contribution is -0.131. The third kappa shape index (κ3) is 6.27. The molecule has 3 rings (SSSR count). The van der Waals surface area contributed by atoms with E-state index in [2.05, 4.69) is 15.2 Å². The van der Waals surface area contributed by atoms with E-state index >= 15 is 0 Å². The molecular formula is C23H32N4O3S. The Kier molecular flexibility index (Phi) is 8.03. The number of carbonyl (C=O) groups is 2. The number of amides is 2. The van der Waals surface area contributed by atoms with Crippen molar-refractivity contribution in [2.75, 3.05) is 38.6 Å². The zero-order valence-electron chi connectivity index (χ0n) is 18.8. The molecule has 2 aromatic rings. The van der Waals surface area contributed by atoms with Gasteiger partial charge in [-0.2, -0.15) is 0 Å². The van der Waals surface area contributed by atoms with Crippen molar-refractivity contribution < 1.29 is 14.3 Å². The number of rotatable bonds is 7. The molecule has 1 saturated heterocycles. The number of ether oxygens (including phenoxy) is 1. The molecule has 1 aromatic carbocycles. The van der Waals surface area contributed by atoms with Crippen LogP contribution >= 0.6 is 11.3 Å². The molecule has 1 aliphatic rings. The molecule has 7 nitrogen and oxygen atoms in total. The number of hydrogen-bond acceptors (Lipinski definition) is 6. The lowest BCUT2D eigenvalue weighted by atomic mass is 10.1. The van der Waals surface area contributed by atoms with Crippen molar-refractivity contribution >= 4 is 28.3 Å². The number of anilines is 1. The van der Waals surface area contributed by atoms with E-state index in [9.17, 15) is 9.59 Å². The largest absolute Gasteiger partial charge is 0.497 e. The fourth-order valence-corrected chi connectivity index (χ4v) is 4.50. The highest BCUT2D eigenvalue weighted by Crippen LogP contribution is 2.22. The Morgan fingerprint density at radius 3 is 2.55 bits per heavy atom. The molecular weight excluding hydrogens is 412 g/mol. The van der Waals surface area contributed by atoms with Gasteiger partial charge in [0.25, 0.3) is 0 Å². The van der Waals surface area contributed by atoms with E-state index < -0.39 is 0 Å². The Labute approximate surface area is 188 Å². The molecule has 0 aliphatic carbocycles. The summed E-state index contributed by atoms with van der Waals surface area (Å²) in [4.78, 5) is 35.0. The first-order valence-corrected chi connectivity index (χ1v) is 11.6. The van der Waals surface area contributed by atoms with E-state index in [4.69, 9.17) is 4.74 Å². The van der Waals surface area contributed by atoms with Gasteiger partial charge < -0.3 is 15.0 Å². The molecule has 0 bridgehead atoms.